The topological polar surface area (TPSA) is 77.5 Å². The maximum atomic E-state index is 12.7. The van der Waals surface area contributed by atoms with Crippen molar-refractivity contribution in [3.8, 4) is 11.3 Å². The molecule has 0 saturated heterocycles. The van der Waals surface area contributed by atoms with Crippen LogP contribution in [0.15, 0.2) is 42.5 Å². The summed E-state index contributed by atoms with van der Waals surface area (Å²) in [7, 11) is -3.18. The molecule has 3 aromatic rings. The summed E-state index contributed by atoms with van der Waals surface area (Å²) in [5.41, 5.74) is 4.41. The first kappa shape index (κ1) is 22.2. The molecule has 162 valence electrons. The minimum atomic E-state index is -3.18. The highest BCUT2D eigenvalue weighted by atomic mass is 35.5. The molecular weight excluding hydrogens is 455 g/mol. The number of nitrogens with one attached hydrogen (secondary N) is 1. The molecule has 0 aliphatic heterocycles. The quantitative estimate of drug-likeness (QED) is 0.298. The highest BCUT2D eigenvalue weighted by molar-refractivity contribution is 7.53. The van der Waals surface area contributed by atoms with Crippen LogP contribution in [-0.2, 0) is 26.2 Å². The molecule has 2 aromatic carbocycles. The van der Waals surface area contributed by atoms with Gasteiger partial charge in [0.25, 0.3) is 5.91 Å². The molecule has 1 N–H and O–H groups in total. The summed E-state index contributed by atoms with van der Waals surface area (Å²) < 4.78 is 23.3. The van der Waals surface area contributed by atoms with Gasteiger partial charge in [-0.2, -0.15) is 0 Å². The molecule has 0 spiro atoms. The van der Waals surface area contributed by atoms with Crippen molar-refractivity contribution in [1.82, 2.24) is 4.98 Å². The Morgan fingerprint density at radius 2 is 1.87 bits per heavy atom. The monoisotopic (exact) mass is 476 g/mol. The fourth-order valence-corrected chi connectivity index (χ4v) is 6.41. The second-order valence-electron chi connectivity index (χ2n) is 7.02. The van der Waals surface area contributed by atoms with Crippen molar-refractivity contribution in [2.24, 2.45) is 0 Å². The number of carbonyl (C=O) groups excluding carboxylic acids is 1. The van der Waals surface area contributed by atoms with Gasteiger partial charge in [0, 0.05) is 27.4 Å². The lowest BCUT2D eigenvalue weighted by atomic mass is 10.1. The summed E-state index contributed by atoms with van der Waals surface area (Å²) in [5.74, 6) is -0.242. The summed E-state index contributed by atoms with van der Waals surface area (Å²) >= 11 is 7.55. The van der Waals surface area contributed by atoms with Gasteiger partial charge in [-0.05, 0) is 49.2 Å². The lowest BCUT2D eigenvalue weighted by molar-refractivity contribution is 0.102. The maximum absolute atomic E-state index is 12.7. The average Bonchev–Trinajstić information content (AvgIpc) is 3.25. The summed E-state index contributed by atoms with van der Waals surface area (Å²) in [5, 5.41) is 4.16. The van der Waals surface area contributed by atoms with Gasteiger partial charge in [-0.1, -0.05) is 29.8 Å². The molecule has 0 bridgehead atoms. The Morgan fingerprint density at radius 1 is 1.16 bits per heavy atom. The fraction of sp³-hybridized carbons (Fsp3) is 0.273. The van der Waals surface area contributed by atoms with Gasteiger partial charge in [-0.3, -0.25) is 14.7 Å². The second kappa shape index (κ2) is 9.23. The Bertz CT molecular complexity index is 1150. The number of nitrogens with zero attached hydrogens (tertiary/aromatic N) is 1. The molecule has 6 nitrogen and oxygen atoms in total. The van der Waals surface area contributed by atoms with Crippen LogP contribution in [-0.4, -0.2) is 24.1 Å². The Hall–Kier alpha value is -2.02. The molecule has 0 fully saturated rings. The summed E-state index contributed by atoms with van der Waals surface area (Å²) in [6.45, 7) is 4.18. The first-order valence-electron chi connectivity index (χ1n) is 9.97. The molecule has 9 heteroatoms. The first-order valence-corrected chi connectivity index (χ1v) is 12.9. The van der Waals surface area contributed by atoms with Crippen molar-refractivity contribution >= 4 is 41.6 Å². The Balaban J connectivity index is 1.44. The molecule has 1 aromatic heterocycles. The van der Waals surface area contributed by atoms with E-state index in [1.807, 2.05) is 18.2 Å². The van der Waals surface area contributed by atoms with Crippen molar-refractivity contribution in [1.29, 1.82) is 0 Å². The molecule has 31 heavy (non-hydrogen) atoms. The average molecular weight is 477 g/mol. The lowest BCUT2D eigenvalue weighted by Crippen LogP contribution is -2.11. The third kappa shape index (κ3) is 4.92. The van der Waals surface area contributed by atoms with E-state index in [1.165, 1.54) is 11.3 Å². The minimum absolute atomic E-state index is 0.166. The Labute approximate surface area is 190 Å². The number of amides is 1. The van der Waals surface area contributed by atoms with E-state index in [-0.39, 0.29) is 12.1 Å². The number of hydrogen-bond donors (Lipinski definition) is 1. The van der Waals surface area contributed by atoms with Crippen LogP contribution < -0.4 is 5.32 Å². The van der Waals surface area contributed by atoms with Crippen LogP contribution in [0.1, 0.15) is 40.2 Å². The fourth-order valence-electron chi connectivity index (χ4n) is 3.52. The Morgan fingerprint density at radius 3 is 2.55 bits per heavy atom. The molecule has 0 unspecified atom stereocenters. The maximum Gasteiger partial charge on any atom is 0.335 e. The predicted octanol–water partition coefficient (Wildman–Crippen LogP) is 6.39. The Kier molecular flexibility index (Phi) is 6.60. The molecule has 0 radical (unpaired) electrons. The van der Waals surface area contributed by atoms with Gasteiger partial charge in [-0.15, -0.1) is 11.3 Å². The van der Waals surface area contributed by atoms with Crippen molar-refractivity contribution in [3.63, 3.8) is 0 Å². The third-order valence-corrected chi connectivity index (χ3v) is 8.10. The molecule has 0 saturated carbocycles. The van der Waals surface area contributed by atoms with Crippen molar-refractivity contribution in [2.45, 2.75) is 26.4 Å². The normalized spacial score (nSPS) is 12.5. The number of fused-ring (bicyclic) bond motifs is 3. The largest absolute Gasteiger partial charge is 0.335 e. The van der Waals surface area contributed by atoms with Crippen LogP contribution in [0.4, 0.5) is 5.13 Å². The van der Waals surface area contributed by atoms with Gasteiger partial charge in [0.1, 0.15) is 0 Å². The molecular formula is C22H22ClN2O4PS. The molecule has 1 heterocycles. The van der Waals surface area contributed by atoms with E-state index in [2.05, 4.69) is 10.3 Å². The van der Waals surface area contributed by atoms with Gasteiger partial charge in [-0.25, -0.2) is 4.98 Å². The van der Waals surface area contributed by atoms with E-state index < -0.39 is 7.60 Å². The van der Waals surface area contributed by atoms with Crippen molar-refractivity contribution in [2.75, 3.05) is 18.5 Å². The van der Waals surface area contributed by atoms with Crippen molar-refractivity contribution in [3.05, 3.63) is 69.1 Å². The standard InChI is InChI=1S/C22H22ClN2O4PS/c1-3-28-30(27,29-4-2)13-14-5-7-15(8-6-14)21(26)25-22-24-20-18-10-9-17(23)11-16(18)12-19(20)31-22/h5-11H,3-4,12-13H2,1-2H3,(H,24,25,26). The number of rotatable bonds is 8. The number of hydrogen-bond acceptors (Lipinski definition) is 6. The van der Waals surface area contributed by atoms with Gasteiger partial charge < -0.3 is 9.05 Å². The van der Waals surface area contributed by atoms with Crippen LogP contribution >= 0.6 is 30.5 Å². The number of halogens is 1. The van der Waals surface area contributed by atoms with E-state index in [1.54, 1.807) is 38.1 Å². The number of carbonyl (C=O) groups is 1. The summed E-state index contributed by atoms with van der Waals surface area (Å²) in [6, 6.07) is 12.7. The predicted molar refractivity (Wildman–Crippen MR) is 124 cm³/mol. The lowest BCUT2D eigenvalue weighted by Gasteiger charge is -2.17. The number of aromatic nitrogens is 1. The molecule has 1 amide bonds. The number of benzene rings is 2. The van der Waals surface area contributed by atoms with Crippen molar-refractivity contribution < 1.29 is 18.4 Å². The van der Waals surface area contributed by atoms with E-state index >= 15 is 0 Å². The van der Waals surface area contributed by atoms with E-state index in [0.29, 0.717) is 28.9 Å². The second-order valence-corrected chi connectivity index (χ2v) is 10.6. The van der Waals surface area contributed by atoms with Gasteiger partial charge in [0.15, 0.2) is 5.13 Å². The first-order chi connectivity index (χ1) is 14.9. The van der Waals surface area contributed by atoms with E-state index in [0.717, 1.165) is 33.7 Å². The van der Waals surface area contributed by atoms with E-state index in [4.69, 9.17) is 20.6 Å². The number of anilines is 1. The van der Waals surface area contributed by atoms with E-state index in [9.17, 15) is 9.36 Å². The molecule has 1 aliphatic rings. The smallest absolute Gasteiger partial charge is 0.309 e. The number of thiazole rings is 1. The van der Waals surface area contributed by atoms with Crippen LogP contribution in [0, 0.1) is 0 Å². The van der Waals surface area contributed by atoms with Crippen LogP contribution in [0.3, 0.4) is 0 Å². The van der Waals surface area contributed by atoms with Gasteiger partial charge >= 0.3 is 7.60 Å². The van der Waals surface area contributed by atoms with Gasteiger partial charge in [0.05, 0.1) is 25.1 Å². The zero-order valence-corrected chi connectivity index (χ0v) is 19.7. The zero-order chi connectivity index (χ0) is 22.0. The molecule has 4 rings (SSSR count). The molecule has 0 atom stereocenters. The van der Waals surface area contributed by atoms with Crippen LogP contribution in [0.5, 0.6) is 0 Å². The SMILES string of the molecule is CCOP(=O)(Cc1ccc(C(=O)Nc2nc3c(s2)Cc2cc(Cl)ccc2-3)cc1)OCC. The third-order valence-electron chi connectivity index (χ3n) is 4.84. The highest BCUT2D eigenvalue weighted by Gasteiger charge is 2.25. The zero-order valence-electron chi connectivity index (χ0n) is 17.2. The molecule has 1 aliphatic carbocycles. The van der Waals surface area contributed by atoms with Crippen LogP contribution in [0.2, 0.25) is 5.02 Å². The van der Waals surface area contributed by atoms with Gasteiger partial charge in [0.2, 0.25) is 0 Å². The summed E-state index contributed by atoms with van der Waals surface area (Å²) in [4.78, 5) is 18.4. The minimum Gasteiger partial charge on any atom is -0.309 e. The van der Waals surface area contributed by atoms with Crippen LogP contribution in [0.25, 0.3) is 11.3 Å². The highest BCUT2D eigenvalue weighted by Crippen LogP contribution is 2.51. The summed E-state index contributed by atoms with van der Waals surface area (Å²) in [6.07, 6.45) is 0.937.